The lowest BCUT2D eigenvalue weighted by Crippen LogP contribution is -2.15. The highest BCUT2D eigenvalue weighted by Crippen LogP contribution is 2.66. The number of allylic oxidation sites excluding steroid dienone is 1. The predicted octanol–water partition coefficient (Wildman–Crippen LogP) is 19.8. The van der Waals surface area contributed by atoms with E-state index < -0.39 is 0 Å². The van der Waals surface area contributed by atoms with Gasteiger partial charge in [-0.3, -0.25) is 0 Å². The number of hydrogen-bond donors (Lipinski definition) is 0. The molecule has 16 rings (SSSR count). The number of hydrogen-bond acceptors (Lipinski definition) is 0. The Morgan fingerprint density at radius 2 is 0.743 bits per heavy atom. The van der Waals surface area contributed by atoms with Gasteiger partial charge < -0.3 is 0 Å². The number of aryl methyl sites for hydroxylation is 2. The lowest BCUT2D eigenvalue weighted by Gasteiger charge is -2.27. The van der Waals surface area contributed by atoms with E-state index in [2.05, 4.69) is 242 Å². The summed E-state index contributed by atoms with van der Waals surface area (Å²) in [6.07, 6.45) is 3.58. The Morgan fingerprint density at radius 3 is 1.30 bits per heavy atom. The highest BCUT2D eigenvalue weighted by Gasteiger charge is 2.45. The van der Waals surface area contributed by atoms with Crippen molar-refractivity contribution in [3.05, 3.63) is 256 Å². The average molecular weight is 943 g/mol. The van der Waals surface area contributed by atoms with Crippen LogP contribution in [0.1, 0.15) is 95.7 Å². The standard InChI is InChI=1S/C74H54/c1-41-17-15-19-43(37-41)63-51-23-7-8-24-52(51)64(44-20-16-18-42(2)38-44)70-56-34-36-58-68-57(35-33-55(67(56)68)69(63)70)71-65(45-29-31-49-47-21-11-13-27-59(47)73(3,4)61(49)39-45)53-25-9-10-26-54(53)66(72(58)71)46-30-32-50-48-22-12-14-28-60(48)74(5,6)62(50)40-46/h7-35,37-40,58H,36H2,1-6H3. The molecule has 5 aliphatic rings. The van der Waals surface area contributed by atoms with Gasteiger partial charge in [0.25, 0.3) is 0 Å². The van der Waals surface area contributed by atoms with Crippen LogP contribution >= 0.6 is 0 Å². The summed E-state index contributed by atoms with van der Waals surface area (Å²) >= 11 is 0. The Bertz CT molecular complexity index is 4410. The molecule has 0 heteroatoms. The molecule has 1 atom stereocenters. The number of fused-ring (bicyclic) bond motifs is 14. The van der Waals surface area contributed by atoms with Crippen molar-refractivity contribution in [2.45, 2.75) is 64.7 Å². The normalized spacial score (nSPS) is 16.1. The lowest BCUT2D eigenvalue weighted by atomic mass is 9.76. The summed E-state index contributed by atoms with van der Waals surface area (Å²) in [7, 11) is 0. The summed E-state index contributed by atoms with van der Waals surface area (Å²) < 4.78 is 0. The van der Waals surface area contributed by atoms with Gasteiger partial charge in [-0.25, -0.2) is 0 Å². The van der Waals surface area contributed by atoms with Crippen LogP contribution in [0.3, 0.4) is 0 Å². The zero-order valence-electron chi connectivity index (χ0n) is 42.8. The van der Waals surface area contributed by atoms with E-state index in [1.165, 1.54) is 172 Å². The fraction of sp³-hybridized carbons (Fsp3) is 0.135. The van der Waals surface area contributed by atoms with Crippen molar-refractivity contribution in [1.29, 1.82) is 0 Å². The van der Waals surface area contributed by atoms with Crippen molar-refractivity contribution >= 4 is 27.1 Å². The zero-order valence-corrected chi connectivity index (χ0v) is 42.8. The molecule has 0 nitrogen and oxygen atoms in total. The summed E-state index contributed by atoms with van der Waals surface area (Å²) in [5.41, 5.74) is 36.7. The first-order chi connectivity index (χ1) is 36.1. The molecule has 0 radical (unpaired) electrons. The average Bonchev–Trinajstić information content (AvgIpc) is 4.07. The van der Waals surface area contributed by atoms with Gasteiger partial charge in [0.2, 0.25) is 0 Å². The Balaban J connectivity index is 1.02. The summed E-state index contributed by atoms with van der Waals surface area (Å²) in [4.78, 5) is 0. The minimum Gasteiger partial charge on any atom is -0.0750 e. The van der Waals surface area contributed by atoms with Crippen LogP contribution in [0.25, 0.3) is 116 Å². The fourth-order valence-corrected chi connectivity index (χ4v) is 15.2. The molecule has 0 aromatic heterocycles. The minimum atomic E-state index is -0.127. The van der Waals surface area contributed by atoms with Gasteiger partial charge in [-0.2, -0.15) is 0 Å². The van der Waals surface area contributed by atoms with Crippen LogP contribution in [-0.4, -0.2) is 0 Å². The maximum Gasteiger partial charge on any atom is 0.0159 e. The van der Waals surface area contributed by atoms with Crippen molar-refractivity contribution in [3.8, 4) is 89.0 Å². The summed E-state index contributed by atoms with van der Waals surface area (Å²) in [6.45, 7) is 14.1. The second-order valence-corrected chi connectivity index (χ2v) is 23.1. The molecule has 0 saturated heterocycles. The smallest absolute Gasteiger partial charge is 0.0159 e. The van der Waals surface area contributed by atoms with Crippen LogP contribution in [0.4, 0.5) is 0 Å². The third-order valence-electron chi connectivity index (χ3n) is 18.4. The Morgan fingerprint density at radius 1 is 0.311 bits per heavy atom. The van der Waals surface area contributed by atoms with E-state index in [4.69, 9.17) is 0 Å². The molecule has 0 fully saturated rings. The summed E-state index contributed by atoms with van der Waals surface area (Å²) in [5.74, 6) is 0.166. The molecule has 0 heterocycles. The van der Waals surface area contributed by atoms with Crippen molar-refractivity contribution in [1.82, 2.24) is 0 Å². The zero-order chi connectivity index (χ0) is 49.5. The van der Waals surface area contributed by atoms with Crippen LogP contribution in [0.5, 0.6) is 0 Å². The van der Waals surface area contributed by atoms with E-state index in [0.717, 1.165) is 6.42 Å². The first-order valence-corrected chi connectivity index (χ1v) is 26.8. The van der Waals surface area contributed by atoms with Gasteiger partial charge in [0.15, 0.2) is 0 Å². The van der Waals surface area contributed by atoms with Crippen molar-refractivity contribution < 1.29 is 0 Å². The van der Waals surface area contributed by atoms with Crippen molar-refractivity contribution in [3.63, 3.8) is 0 Å². The van der Waals surface area contributed by atoms with Crippen molar-refractivity contribution in [2.24, 2.45) is 0 Å². The molecule has 350 valence electrons. The lowest BCUT2D eigenvalue weighted by molar-refractivity contribution is 0.660. The molecule has 0 bridgehead atoms. The highest BCUT2D eigenvalue weighted by atomic mass is 14.5. The van der Waals surface area contributed by atoms with Gasteiger partial charge >= 0.3 is 0 Å². The van der Waals surface area contributed by atoms with E-state index in [1.807, 2.05) is 0 Å². The van der Waals surface area contributed by atoms with Gasteiger partial charge in [0.05, 0.1) is 0 Å². The second kappa shape index (κ2) is 14.7. The van der Waals surface area contributed by atoms with E-state index in [-0.39, 0.29) is 16.7 Å². The molecule has 74 heavy (non-hydrogen) atoms. The third kappa shape index (κ3) is 5.38. The molecule has 11 aromatic rings. The van der Waals surface area contributed by atoms with E-state index in [1.54, 1.807) is 0 Å². The largest absolute Gasteiger partial charge is 0.0750 e. The van der Waals surface area contributed by atoms with Gasteiger partial charge in [-0.1, -0.05) is 227 Å². The van der Waals surface area contributed by atoms with E-state index >= 15 is 0 Å². The van der Waals surface area contributed by atoms with Gasteiger partial charge in [0.1, 0.15) is 0 Å². The fourth-order valence-electron chi connectivity index (χ4n) is 15.2. The van der Waals surface area contributed by atoms with E-state index in [9.17, 15) is 0 Å². The monoisotopic (exact) mass is 942 g/mol. The minimum absolute atomic E-state index is 0.124. The molecule has 0 N–H and O–H groups in total. The summed E-state index contributed by atoms with van der Waals surface area (Å²) in [5, 5.41) is 5.26. The van der Waals surface area contributed by atoms with Gasteiger partial charge in [-0.05, 0) is 193 Å². The third-order valence-corrected chi connectivity index (χ3v) is 18.4. The highest BCUT2D eigenvalue weighted by molar-refractivity contribution is 6.24. The molecule has 0 spiro atoms. The Labute approximate surface area is 434 Å². The molecule has 1 unspecified atom stereocenters. The molecule has 11 aromatic carbocycles. The van der Waals surface area contributed by atoms with Crippen LogP contribution in [-0.2, 0) is 10.8 Å². The topological polar surface area (TPSA) is 0 Å². The molecule has 0 amide bonds. The number of benzene rings is 11. The van der Waals surface area contributed by atoms with Crippen LogP contribution < -0.4 is 0 Å². The van der Waals surface area contributed by atoms with Crippen LogP contribution in [0, 0.1) is 13.8 Å². The van der Waals surface area contributed by atoms with Gasteiger partial charge in [-0.15, -0.1) is 0 Å². The molecular formula is C74H54. The Hall–Kier alpha value is -8.32. The van der Waals surface area contributed by atoms with Gasteiger partial charge in [0, 0.05) is 16.7 Å². The SMILES string of the molecule is Cc1cccc(-c2c3c(c(-c4cccc(C)c4)c4ccccc24)-c2ccc4c5c2C3=CCC5c2c-4c(-c3ccc4c(c3)C(C)(C)c3ccccc3-4)c3ccccc3c2-c2ccc3c(c2)C(C)(C)c2ccccc2-3)c1. The molecule has 5 aliphatic carbocycles. The van der Waals surface area contributed by atoms with Crippen LogP contribution in [0.15, 0.2) is 200 Å². The first-order valence-electron chi connectivity index (χ1n) is 26.8. The molecular weight excluding hydrogens is 889 g/mol. The number of rotatable bonds is 4. The molecule has 0 aliphatic heterocycles. The molecule has 0 saturated carbocycles. The first kappa shape index (κ1) is 42.2. The summed E-state index contributed by atoms with van der Waals surface area (Å²) in [6, 6.07) is 75.2. The van der Waals surface area contributed by atoms with Crippen LogP contribution in [0.2, 0.25) is 0 Å². The Kier molecular flexibility index (Phi) is 8.37. The maximum atomic E-state index is 2.66. The maximum absolute atomic E-state index is 2.66. The van der Waals surface area contributed by atoms with Crippen molar-refractivity contribution in [2.75, 3.05) is 0 Å². The quantitative estimate of drug-likeness (QED) is 0.165. The van der Waals surface area contributed by atoms with E-state index in [0.29, 0.717) is 0 Å². The predicted molar refractivity (Wildman–Crippen MR) is 312 cm³/mol. The second-order valence-electron chi connectivity index (χ2n) is 23.1.